The molecule has 138 valence electrons. The molecule has 2 aromatic rings. The van der Waals surface area contributed by atoms with E-state index < -0.39 is 12.8 Å². The molecule has 0 aliphatic carbocycles. The number of alkyl halides is 3. The third kappa shape index (κ3) is 4.62. The van der Waals surface area contributed by atoms with Gasteiger partial charge >= 0.3 is 6.18 Å². The highest BCUT2D eigenvalue weighted by Gasteiger charge is 2.29. The average Bonchev–Trinajstić information content (AvgIpc) is 2.66. The van der Waals surface area contributed by atoms with E-state index in [4.69, 9.17) is 0 Å². The number of ether oxygens (including phenoxy) is 1. The van der Waals surface area contributed by atoms with Crippen LogP contribution in [0.3, 0.4) is 0 Å². The summed E-state index contributed by atoms with van der Waals surface area (Å²) in [5.41, 5.74) is 0.315. The van der Waals surface area contributed by atoms with Crippen molar-refractivity contribution < 1.29 is 22.7 Å². The summed E-state index contributed by atoms with van der Waals surface area (Å²) in [6.07, 6.45) is -1.47. The van der Waals surface area contributed by atoms with Gasteiger partial charge < -0.3 is 14.5 Å². The number of nitrogens with zero attached hydrogens (tertiary/aromatic N) is 4. The second-order valence-electron chi connectivity index (χ2n) is 5.76. The molecule has 3 heterocycles. The van der Waals surface area contributed by atoms with E-state index in [1.165, 1.54) is 18.3 Å². The number of hydrogen-bond acceptors (Lipinski definition) is 5. The lowest BCUT2D eigenvalue weighted by Gasteiger charge is -2.35. The van der Waals surface area contributed by atoms with Gasteiger partial charge in [0.2, 0.25) is 5.88 Å². The highest BCUT2D eigenvalue weighted by molar-refractivity contribution is 5.94. The van der Waals surface area contributed by atoms with Gasteiger partial charge in [-0.1, -0.05) is 6.07 Å². The van der Waals surface area contributed by atoms with Gasteiger partial charge in [-0.2, -0.15) is 13.2 Å². The van der Waals surface area contributed by atoms with Crippen molar-refractivity contribution >= 4 is 11.7 Å². The van der Waals surface area contributed by atoms with Crippen molar-refractivity contribution in [2.75, 3.05) is 37.7 Å². The molecular formula is C17H17F3N4O2. The van der Waals surface area contributed by atoms with Crippen LogP contribution < -0.4 is 9.64 Å². The first-order chi connectivity index (χ1) is 12.4. The lowest BCUT2D eigenvalue weighted by atomic mass is 10.2. The first-order valence-corrected chi connectivity index (χ1v) is 8.03. The third-order valence-corrected chi connectivity index (χ3v) is 3.91. The lowest BCUT2D eigenvalue weighted by molar-refractivity contribution is -0.154. The second-order valence-corrected chi connectivity index (χ2v) is 5.76. The van der Waals surface area contributed by atoms with Crippen LogP contribution in [0.5, 0.6) is 5.88 Å². The maximum atomic E-state index is 12.5. The Bertz CT molecular complexity index is 730. The Morgan fingerprint density at radius 3 is 2.42 bits per heavy atom. The Morgan fingerprint density at radius 2 is 1.85 bits per heavy atom. The minimum atomic E-state index is -4.43. The molecule has 0 saturated carbocycles. The largest absolute Gasteiger partial charge is 0.468 e. The van der Waals surface area contributed by atoms with Crippen LogP contribution in [0.2, 0.25) is 0 Å². The van der Waals surface area contributed by atoms with Gasteiger partial charge in [-0.3, -0.25) is 4.79 Å². The highest BCUT2D eigenvalue weighted by atomic mass is 19.4. The minimum absolute atomic E-state index is 0.168. The number of hydrogen-bond donors (Lipinski definition) is 0. The normalized spacial score (nSPS) is 15.0. The van der Waals surface area contributed by atoms with Crippen LogP contribution in [0.15, 0.2) is 42.7 Å². The van der Waals surface area contributed by atoms with Crippen molar-refractivity contribution in [1.82, 2.24) is 14.9 Å². The van der Waals surface area contributed by atoms with Gasteiger partial charge in [0.25, 0.3) is 5.91 Å². The summed E-state index contributed by atoms with van der Waals surface area (Å²) in [4.78, 5) is 24.3. The topological polar surface area (TPSA) is 58.6 Å². The van der Waals surface area contributed by atoms with Crippen LogP contribution in [-0.2, 0) is 0 Å². The summed E-state index contributed by atoms with van der Waals surface area (Å²) in [7, 11) is 0. The maximum absolute atomic E-state index is 12.5. The summed E-state index contributed by atoms with van der Waals surface area (Å²) in [5.74, 6) is 0.492. The van der Waals surface area contributed by atoms with Gasteiger partial charge in [0.1, 0.15) is 5.82 Å². The number of carbonyl (C=O) groups excluding carboxylic acids is 1. The third-order valence-electron chi connectivity index (χ3n) is 3.91. The van der Waals surface area contributed by atoms with E-state index in [2.05, 4.69) is 19.6 Å². The summed E-state index contributed by atoms with van der Waals surface area (Å²) in [5, 5.41) is 0. The van der Waals surface area contributed by atoms with Crippen molar-refractivity contribution in [3.05, 3.63) is 48.3 Å². The Labute approximate surface area is 148 Å². The van der Waals surface area contributed by atoms with Crippen LogP contribution in [0, 0.1) is 0 Å². The summed E-state index contributed by atoms with van der Waals surface area (Å²) >= 11 is 0. The standard InChI is InChI=1S/C17H17F3N4O2/c18-17(19,20)12-26-15-5-4-13(11-22-15)16(25)24-9-7-23(8-10-24)14-3-1-2-6-21-14/h1-6,11H,7-10,12H2. The number of rotatable bonds is 4. The molecule has 1 aliphatic rings. The van der Waals surface area contributed by atoms with Crippen molar-refractivity contribution in [1.29, 1.82) is 0 Å². The van der Waals surface area contributed by atoms with E-state index in [1.807, 2.05) is 18.2 Å². The number of carbonyl (C=O) groups is 1. The van der Waals surface area contributed by atoms with Gasteiger partial charge in [-0.15, -0.1) is 0 Å². The molecule has 0 atom stereocenters. The molecule has 1 amide bonds. The average molecular weight is 366 g/mol. The molecule has 0 bridgehead atoms. The minimum Gasteiger partial charge on any atom is -0.468 e. The highest BCUT2D eigenvalue weighted by Crippen LogP contribution is 2.18. The van der Waals surface area contributed by atoms with Gasteiger partial charge in [-0.25, -0.2) is 9.97 Å². The van der Waals surface area contributed by atoms with Crippen LogP contribution >= 0.6 is 0 Å². The predicted molar refractivity (Wildman–Crippen MR) is 88.1 cm³/mol. The molecule has 26 heavy (non-hydrogen) atoms. The molecule has 0 aromatic carbocycles. The SMILES string of the molecule is O=C(c1ccc(OCC(F)(F)F)nc1)N1CCN(c2ccccn2)CC1. The number of piperazine rings is 1. The second kappa shape index (κ2) is 7.59. The molecule has 0 spiro atoms. The molecule has 6 nitrogen and oxygen atoms in total. The molecular weight excluding hydrogens is 349 g/mol. The molecule has 2 aromatic heterocycles. The smallest absolute Gasteiger partial charge is 0.422 e. The summed E-state index contributed by atoms with van der Waals surface area (Å²) in [6.45, 7) is 0.957. The van der Waals surface area contributed by atoms with Gasteiger partial charge in [0, 0.05) is 44.6 Å². The molecule has 3 rings (SSSR count). The molecule has 1 saturated heterocycles. The molecule has 1 aliphatic heterocycles. The van der Waals surface area contributed by atoms with E-state index in [0.717, 1.165) is 5.82 Å². The molecule has 0 radical (unpaired) electrons. The first-order valence-electron chi connectivity index (χ1n) is 8.03. The molecule has 9 heteroatoms. The Kier molecular flexibility index (Phi) is 5.24. The summed E-state index contributed by atoms with van der Waals surface area (Å²) < 4.78 is 40.9. The summed E-state index contributed by atoms with van der Waals surface area (Å²) in [6, 6.07) is 8.36. The lowest BCUT2D eigenvalue weighted by Crippen LogP contribution is -2.49. The van der Waals surface area contributed by atoms with Crippen molar-refractivity contribution in [3.8, 4) is 5.88 Å². The van der Waals surface area contributed by atoms with E-state index in [1.54, 1.807) is 11.1 Å². The van der Waals surface area contributed by atoms with Crippen molar-refractivity contribution in [3.63, 3.8) is 0 Å². The van der Waals surface area contributed by atoms with Gasteiger partial charge in [0.15, 0.2) is 6.61 Å². The zero-order valence-corrected chi connectivity index (χ0v) is 13.8. The Balaban J connectivity index is 1.55. The quantitative estimate of drug-likeness (QED) is 0.832. The molecule has 1 fully saturated rings. The monoisotopic (exact) mass is 366 g/mol. The number of anilines is 1. The van der Waals surface area contributed by atoms with Gasteiger partial charge in [-0.05, 0) is 18.2 Å². The fourth-order valence-corrected chi connectivity index (χ4v) is 2.61. The van der Waals surface area contributed by atoms with E-state index >= 15 is 0 Å². The number of amides is 1. The van der Waals surface area contributed by atoms with E-state index in [9.17, 15) is 18.0 Å². The predicted octanol–water partition coefficient (Wildman–Crippen LogP) is 2.38. The molecule has 0 unspecified atom stereocenters. The van der Waals surface area contributed by atoms with E-state index in [-0.39, 0.29) is 11.8 Å². The zero-order valence-electron chi connectivity index (χ0n) is 13.8. The number of halogens is 3. The molecule has 0 N–H and O–H groups in total. The Morgan fingerprint density at radius 1 is 1.08 bits per heavy atom. The zero-order chi connectivity index (χ0) is 18.6. The van der Waals surface area contributed by atoms with E-state index in [0.29, 0.717) is 31.7 Å². The van der Waals surface area contributed by atoms with Gasteiger partial charge in [0.05, 0.1) is 5.56 Å². The first kappa shape index (κ1) is 18.0. The van der Waals surface area contributed by atoms with Crippen molar-refractivity contribution in [2.45, 2.75) is 6.18 Å². The number of aromatic nitrogens is 2. The fraction of sp³-hybridized carbons (Fsp3) is 0.353. The van der Waals surface area contributed by atoms with Crippen LogP contribution in [0.25, 0.3) is 0 Å². The fourth-order valence-electron chi connectivity index (χ4n) is 2.61. The number of pyridine rings is 2. The van der Waals surface area contributed by atoms with Crippen molar-refractivity contribution in [2.24, 2.45) is 0 Å². The van der Waals surface area contributed by atoms with Crippen LogP contribution in [-0.4, -0.2) is 59.7 Å². The maximum Gasteiger partial charge on any atom is 0.422 e. The van der Waals surface area contributed by atoms with Crippen LogP contribution in [0.1, 0.15) is 10.4 Å². The van der Waals surface area contributed by atoms with Crippen LogP contribution in [0.4, 0.5) is 19.0 Å². The Hall–Kier alpha value is -2.84.